The maximum absolute atomic E-state index is 5.71. The molecule has 3 nitrogen and oxygen atoms in total. The fourth-order valence-electron chi connectivity index (χ4n) is 2.07. The van der Waals surface area contributed by atoms with Crippen molar-refractivity contribution in [1.29, 1.82) is 0 Å². The topological polar surface area (TPSA) is 27.1 Å². The summed E-state index contributed by atoms with van der Waals surface area (Å²) in [4.78, 5) is 0. The van der Waals surface area contributed by atoms with Crippen molar-refractivity contribution in [2.75, 3.05) is 6.61 Å². The lowest BCUT2D eigenvalue weighted by molar-refractivity contribution is -0.0367. The lowest BCUT2D eigenvalue weighted by atomic mass is 10.2. The first kappa shape index (κ1) is 8.92. The Bertz CT molecular complexity index is 457. The minimum absolute atomic E-state index is 0.106. The Kier molecular flexibility index (Phi) is 2.18. The van der Waals surface area contributed by atoms with E-state index in [4.69, 9.17) is 4.74 Å². The van der Waals surface area contributed by atoms with Gasteiger partial charge in [-0.1, -0.05) is 18.2 Å². The van der Waals surface area contributed by atoms with E-state index < -0.39 is 0 Å². The van der Waals surface area contributed by atoms with E-state index in [1.165, 1.54) is 12.8 Å². The first-order chi connectivity index (χ1) is 7.45. The minimum Gasteiger partial charge on any atom is -0.356 e. The Morgan fingerprint density at radius 1 is 1.33 bits per heavy atom. The molecule has 0 amide bonds. The van der Waals surface area contributed by atoms with Gasteiger partial charge in [0.15, 0.2) is 6.23 Å². The van der Waals surface area contributed by atoms with Gasteiger partial charge in [-0.25, -0.2) is 4.68 Å². The lowest BCUT2D eigenvalue weighted by Gasteiger charge is -2.23. The van der Waals surface area contributed by atoms with Crippen LogP contribution in [0, 0.1) is 6.20 Å². The molecule has 1 aliphatic heterocycles. The standard InChI is InChI=1S/C12H13N2O/c1-2-6-11-10(5-1)9-13-14(11)12-7-3-4-8-15-12/h1-2,5-6,12H,3-4,7-8H2. The van der Waals surface area contributed by atoms with Gasteiger partial charge in [-0.05, 0) is 25.3 Å². The van der Waals surface area contributed by atoms with Crippen molar-refractivity contribution in [2.24, 2.45) is 0 Å². The summed E-state index contributed by atoms with van der Waals surface area (Å²) in [6.45, 7) is 0.846. The van der Waals surface area contributed by atoms with E-state index in [9.17, 15) is 0 Å². The van der Waals surface area contributed by atoms with Crippen LogP contribution in [0.1, 0.15) is 25.5 Å². The highest BCUT2D eigenvalue weighted by atomic mass is 16.5. The molecule has 3 heteroatoms. The first-order valence-electron chi connectivity index (χ1n) is 5.42. The quantitative estimate of drug-likeness (QED) is 0.709. The van der Waals surface area contributed by atoms with E-state index in [1.807, 2.05) is 22.9 Å². The molecule has 1 aromatic carbocycles. The van der Waals surface area contributed by atoms with Gasteiger partial charge in [-0.2, -0.15) is 5.10 Å². The molecule has 0 saturated carbocycles. The summed E-state index contributed by atoms with van der Waals surface area (Å²) in [5.41, 5.74) is 1.12. The van der Waals surface area contributed by atoms with Crippen LogP contribution in [0.15, 0.2) is 24.3 Å². The normalized spacial score (nSPS) is 22.0. The van der Waals surface area contributed by atoms with Crippen LogP contribution in [0.3, 0.4) is 0 Å². The van der Waals surface area contributed by atoms with Crippen LogP contribution in [0.2, 0.25) is 0 Å². The van der Waals surface area contributed by atoms with Crippen LogP contribution in [-0.2, 0) is 4.74 Å². The first-order valence-corrected chi connectivity index (χ1v) is 5.42. The molecule has 2 heterocycles. The molecule has 1 aromatic heterocycles. The molecule has 1 aliphatic rings. The smallest absolute Gasteiger partial charge is 0.150 e. The highest BCUT2D eigenvalue weighted by molar-refractivity contribution is 5.77. The zero-order chi connectivity index (χ0) is 10.1. The number of rotatable bonds is 1. The Morgan fingerprint density at radius 3 is 3.13 bits per heavy atom. The second-order valence-corrected chi connectivity index (χ2v) is 3.89. The van der Waals surface area contributed by atoms with Gasteiger partial charge in [-0.3, -0.25) is 0 Å². The van der Waals surface area contributed by atoms with Gasteiger partial charge in [0.25, 0.3) is 0 Å². The van der Waals surface area contributed by atoms with Crippen molar-refractivity contribution in [3.05, 3.63) is 30.5 Å². The second kappa shape index (κ2) is 3.66. The van der Waals surface area contributed by atoms with E-state index in [0.717, 1.165) is 23.9 Å². The van der Waals surface area contributed by atoms with Gasteiger partial charge < -0.3 is 4.74 Å². The molecule has 2 aromatic rings. The predicted molar refractivity (Wildman–Crippen MR) is 57.4 cm³/mol. The van der Waals surface area contributed by atoms with Crippen molar-refractivity contribution in [3.8, 4) is 0 Å². The van der Waals surface area contributed by atoms with Crippen LogP contribution < -0.4 is 0 Å². The van der Waals surface area contributed by atoms with Gasteiger partial charge in [0, 0.05) is 12.0 Å². The summed E-state index contributed by atoms with van der Waals surface area (Å²) in [5, 5.41) is 5.35. The molecular weight excluding hydrogens is 188 g/mol. The van der Waals surface area contributed by atoms with E-state index >= 15 is 0 Å². The Hall–Kier alpha value is -1.35. The van der Waals surface area contributed by atoms with Crippen LogP contribution in [-0.4, -0.2) is 16.4 Å². The molecule has 1 saturated heterocycles. The third-order valence-electron chi connectivity index (χ3n) is 2.86. The SMILES string of the molecule is [c]1nn(C2CCCCO2)c2ccccc12. The van der Waals surface area contributed by atoms with E-state index in [-0.39, 0.29) is 6.23 Å². The van der Waals surface area contributed by atoms with Gasteiger partial charge in [-0.15, -0.1) is 0 Å². The van der Waals surface area contributed by atoms with Gasteiger partial charge in [0.2, 0.25) is 0 Å². The Morgan fingerprint density at radius 2 is 2.27 bits per heavy atom. The third-order valence-corrected chi connectivity index (χ3v) is 2.86. The maximum atomic E-state index is 5.71. The zero-order valence-corrected chi connectivity index (χ0v) is 8.52. The number of benzene rings is 1. The number of ether oxygens (including phenoxy) is 1. The molecule has 1 atom stereocenters. The molecule has 1 fully saturated rings. The molecule has 1 unspecified atom stereocenters. The third kappa shape index (κ3) is 1.53. The number of fused-ring (bicyclic) bond motifs is 1. The second-order valence-electron chi connectivity index (χ2n) is 3.89. The Balaban J connectivity index is 2.02. The molecule has 15 heavy (non-hydrogen) atoms. The number of aromatic nitrogens is 2. The fraction of sp³-hybridized carbons (Fsp3) is 0.417. The molecule has 0 N–H and O–H groups in total. The summed E-state index contributed by atoms with van der Waals surface area (Å²) >= 11 is 0. The summed E-state index contributed by atoms with van der Waals surface area (Å²) in [6.07, 6.45) is 6.57. The van der Waals surface area contributed by atoms with Gasteiger partial charge in [0.1, 0.15) is 6.20 Å². The molecule has 3 rings (SSSR count). The van der Waals surface area contributed by atoms with Crippen LogP contribution in [0.5, 0.6) is 0 Å². The fourth-order valence-corrected chi connectivity index (χ4v) is 2.07. The minimum atomic E-state index is 0.106. The average Bonchev–Trinajstić information content (AvgIpc) is 2.74. The molecule has 1 radical (unpaired) electrons. The summed E-state index contributed by atoms with van der Waals surface area (Å²) < 4.78 is 7.66. The van der Waals surface area contributed by atoms with Crippen molar-refractivity contribution in [2.45, 2.75) is 25.5 Å². The number of para-hydroxylation sites is 1. The highest BCUT2D eigenvalue weighted by Gasteiger charge is 2.17. The summed E-state index contributed by atoms with van der Waals surface area (Å²) in [6, 6.07) is 8.13. The van der Waals surface area contributed by atoms with Crippen molar-refractivity contribution in [1.82, 2.24) is 9.78 Å². The number of nitrogens with zero attached hydrogens (tertiary/aromatic N) is 2. The highest BCUT2D eigenvalue weighted by Crippen LogP contribution is 2.25. The molecule has 0 aliphatic carbocycles. The summed E-state index contributed by atoms with van der Waals surface area (Å²) in [5.74, 6) is 0. The van der Waals surface area contributed by atoms with E-state index in [2.05, 4.69) is 17.4 Å². The van der Waals surface area contributed by atoms with E-state index in [1.54, 1.807) is 0 Å². The molecular formula is C12H13N2O. The predicted octanol–water partition coefficient (Wildman–Crippen LogP) is 2.54. The van der Waals surface area contributed by atoms with Crippen LogP contribution in [0.4, 0.5) is 0 Å². The zero-order valence-electron chi connectivity index (χ0n) is 8.52. The summed E-state index contributed by atoms with van der Waals surface area (Å²) in [7, 11) is 0. The molecule has 0 bridgehead atoms. The Labute approximate surface area is 88.7 Å². The molecule has 77 valence electrons. The van der Waals surface area contributed by atoms with Crippen molar-refractivity contribution in [3.63, 3.8) is 0 Å². The number of hydrogen-bond donors (Lipinski definition) is 0. The van der Waals surface area contributed by atoms with Crippen LogP contribution in [0.25, 0.3) is 10.9 Å². The van der Waals surface area contributed by atoms with Crippen molar-refractivity contribution < 1.29 is 4.74 Å². The lowest BCUT2D eigenvalue weighted by Crippen LogP contribution is -2.18. The number of hydrogen-bond acceptors (Lipinski definition) is 2. The average molecular weight is 201 g/mol. The van der Waals surface area contributed by atoms with Gasteiger partial charge in [0.05, 0.1) is 5.52 Å². The largest absolute Gasteiger partial charge is 0.356 e. The van der Waals surface area contributed by atoms with Crippen molar-refractivity contribution >= 4 is 10.9 Å². The van der Waals surface area contributed by atoms with Crippen LogP contribution >= 0.6 is 0 Å². The van der Waals surface area contributed by atoms with Gasteiger partial charge >= 0.3 is 0 Å². The maximum Gasteiger partial charge on any atom is 0.150 e. The molecule has 0 spiro atoms. The monoisotopic (exact) mass is 201 g/mol. The van der Waals surface area contributed by atoms with E-state index in [0.29, 0.717) is 0 Å².